The van der Waals surface area contributed by atoms with Gasteiger partial charge in [0.2, 0.25) is 0 Å². The van der Waals surface area contributed by atoms with Crippen LogP contribution in [0.3, 0.4) is 0 Å². The van der Waals surface area contributed by atoms with E-state index < -0.39 is 0 Å². The second-order valence-corrected chi connectivity index (χ2v) is 7.01. The highest BCUT2D eigenvalue weighted by Crippen LogP contribution is 2.35. The van der Waals surface area contributed by atoms with E-state index in [2.05, 4.69) is 4.90 Å². The molecule has 2 fully saturated rings. The van der Waals surface area contributed by atoms with Gasteiger partial charge >= 0.3 is 0 Å². The normalized spacial score (nSPS) is 27.2. The third kappa shape index (κ3) is 3.28. The van der Waals surface area contributed by atoms with Crippen LogP contribution < -0.4 is 0 Å². The number of halogens is 2. The lowest BCUT2D eigenvalue weighted by molar-refractivity contribution is -0.126. The molecule has 4 heteroatoms. The van der Waals surface area contributed by atoms with Gasteiger partial charge in [-0.05, 0) is 44.4 Å². The van der Waals surface area contributed by atoms with Crippen LogP contribution in [0.2, 0.25) is 10.0 Å². The van der Waals surface area contributed by atoms with E-state index >= 15 is 0 Å². The third-order valence-electron chi connectivity index (χ3n) is 4.90. The Labute approximate surface area is 136 Å². The first-order valence-corrected chi connectivity index (χ1v) is 8.62. The Morgan fingerprint density at radius 3 is 2.57 bits per heavy atom. The van der Waals surface area contributed by atoms with Gasteiger partial charge in [-0.15, -0.1) is 0 Å². The summed E-state index contributed by atoms with van der Waals surface area (Å²) in [5, 5.41) is 1.45. The molecule has 0 aromatic heterocycles. The fourth-order valence-corrected chi connectivity index (χ4v) is 4.32. The lowest BCUT2D eigenvalue weighted by Gasteiger charge is -2.33. The highest BCUT2D eigenvalue weighted by atomic mass is 35.5. The average Bonchev–Trinajstić information content (AvgIpc) is 2.92. The molecule has 1 aromatic carbocycles. The van der Waals surface area contributed by atoms with Crippen molar-refractivity contribution in [2.24, 2.45) is 5.92 Å². The molecule has 0 N–H and O–H groups in total. The largest absolute Gasteiger partial charge is 0.299 e. The van der Waals surface area contributed by atoms with E-state index in [1.165, 1.54) is 6.42 Å². The van der Waals surface area contributed by atoms with E-state index in [4.69, 9.17) is 23.2 Å². The first-order chi connectivity index (χ1) is 10.2. The summed E-state index contributed by atoms with van der Waals surface area (Å²) >= 11 is 12.6. The zero-order chi connectivity index (χ0) is 14.8. The molecule has 1 aliphatic carbocycles. The fourth-order valence-electron chi connectivity index (χ4n) is 3.81. The van der Waals surface area contributed by atoms with Gasteiger partial charge in [-0.2, -0.15) is 0 Å². The maximum absolute atomic E-state index is 12.2. The number of benzene rings is 1. The Morgan fingerprint density at radius 1 is 1.10 bits per heavy atom. The van der Waals surface area contributed by atoms with Crippen molar-refractivity contribution in [3.8, 4) is 0 Å². The van der Waals surface area contributed by atoms with Crippen LogP contribution in [0, 0.1) is 5.92 Å². The van der Waals surface area contributed by atoms with Crippen LogP contribution in [0.5, 0.6) is 0 Å². The van der Waals surface area contributed by atoms with Crippen molar-refractivity contribution in [1.82, 2.24) is 4.90 Å². The van der Waals surface area contributed by atoms with Gasteiger partial charge < -0.3 is 0 Å². The molecule has 2 aliphatic rings. The molecule has 21 heavy (non-hydrogen) atoms. The molecule has 2 nitrogen and oxygen atoms in total. The fraction of sp³-hybridized carbons (Fsp3) is 0.588. The minimum atomic E-state index is 0.225. The summed E-state index contributed by atoms with van der Waals surface area (Å²) in [6, 6.07) is 6.03. The molecule has 1 aromatic rings. The molecule has 1 saturated carbocycles. The van der Waals surface area contributed by atoms with Crippen LogP contribution in [-0.4, -0.2) is 23.3 Å². The SMILES string of the molecule is O=C1CCCCC1C1CCCN1Cc1c(Cl)cccc1Cl. The van der Waals surface area contributed by atoms with Crippen molar-refractivity contribution >= 4 is 29.0 Å². The smallest absolute Gasteiger partial charge is 0.137 e. The summed E-state index contributed by atoms with van der Waals surface area (Å²) in [6.07, 6.45) is 6.36. The van der Waals surface area contributed by atoms with E-state index in [-0.39, 0.29) is 5.92 Å². The van der Waals surface area contributed by atoms with Crippen molar-refractivity contribution in [1.29, 1.82) is 0 Å². The minimum absolute atomic E-state index is 0.225. The Balaban J connectivity index is 1.76. The first-order valence-electron chi connectivity index (χ1n) is 7.86. The average molecular weight is 326 g/mol. The van der Waals surface area contributed by atoms with Crippen LogP contribution in [0.15, 0.2) is 18.2 Å². The zero-order valence-corrected chi connectivity index (χ0v) is 13.7. The summed E-state index contributed by atoms with van der Waals surface area (Å²) < 4.78 is 0. The van der Waals surface area contributed by atoms with Gasteiger partial charge in [-0.1, -0.05) is 35.7 Å². The molecule has 0 amide bonds. The standard InChI is InChI=1S/C17H21Cl2NO/c18-14-6-3-7-15(19)13(14)11-20-10-4-8-16(20)12-5-1-2-9-17(12)21/h3,6-7,12,16H,1-2,4-5,8-11H2. The summed E-state index contributed by atoms with van der Waals surface area (Å²) in [4.78, 5) is 14.7. The molecular weight excluding hydrogens is 305 g/mol. The summed E-state index contributed by atoms with van der Waals surface area (Å²) in [7, 11) is 0. The van der Waals surface area contributed by atoms with E-state index in [9.17, 15) is 4.79 Å². The molecule has 2 atom stereocenters. The molecule has 114 valence electrons. The van der Waals surface area contributed by atoms with Crippen molar-refractivity contribution in [3.63, 3.8) is 0 Å². The van der Waals surface area contributed by atoms with E-state index in [0.29, 0.717) is 11.8 Å². The van der Waals surface area contributed by atoms with Crippen LogP contribution in [0.25, 0.3) is 0 Å². The number of likely N-dealkylation sites (tertiary alicyclic amines) is 1. The van der Waals surface area contributed by atoms with Crippen molar-refractivity contribution in [2.45, 2.75) is 51.1 Å². The van der Waals surface area contributed by atoms with Gasteiger partial charge in [0.05, 0.1) is 0 Å². The maximum atomic E-state index is 12.2. The Morgan fingerprint density at radius 2 is 1.86 bits per heavy atom. The number of carbonyl (C=O) groups excluding carboxylic acids is 1. The number of hydrogen-bond donors (Lipinski definition) is 0. The molecule has 2 unspecified atom stereocenters. The highest BCUT2D eigenvalue weighted by Gasteiger charge is 2.36. The summed E-state index contributed by atoms with van der Waals surface area (Å²) in [6.45, 7) is 1.79. The molecule has 0 spiro atoms. The zero-order valence-electron chi connectivity index (χ0n) is 12.2. The van der Waals surface area contributed by atoms with Crippen LogP contribution in [-0.2, 0) is 11.3 Å². The molecule has 0 radical (unpaired) electrons. The van der Waals surface area contributed by atoms with Gasteiger partial charge in [0, 0.05) is 40.5 Å². The quantitative estimate of drug-likeness (QED) is 0.801. The van der Waals surface area contributed by atoms with Gasteiger partial charge in [-0.25, -0.2) is 0 Å². The predicted molar refractivity (Wildman–Crippen MR) is 86.9 cm³/mol. The van der Waals surface area contributed by atoms with E-state index in [0.717, 1.165) is 60.8 Å². The van der Waals surface area contributed by atoms with Crippen LogP contribution >= 0.6 is 23.2 Å². The lowest BCUT2D eigenvalue weighted by Crippen LogP contribution is -2.40. The number of nitrogens with zero attached hydrogens (tertiary/aromatic N) is 1. The molecule has 1 saturated heterocycles. The number of hydrogen-bond acceptors (Lipinski definition) is 2. The third-order valence-corrected chi connectivity index (χ3v) is 5.61. The minimum Gasteiger partial charge on any atom is -0.299 e. The Bertz CT molecular complexity index is 511. The Hall–Kier alpha value is -0.570. The highest BCUT2D eigenvalue weighted by molar-refractivity contribution is 6.35. The van der Waals surface area contributed by atoms with E-state index in [1.807, 2.05) is 18.2 Å². The van der Waals surface area contributed by atoms with E-state index in [1.54, 1.807) is 0 Å². The van der Waals surface area contributed by atoms with Gasteiger partial charge in [0.1, 0.15) is 5.78 Å². The molecule has 3 rings (SSSR count). The molecular formula is C17H21Cl2NO. The number of carbonyl (C=O) groups is 1. The van der Waals surface area contributed by atoms with Crippen molar-refractivity contribution < 1.29 is 4.79 Å². The topological polar surface area (TPSA) is 20.3 Å². The monoisotopic (exact) mass is 325 g/mol. The van der Waals surface area contributed by atoms with Gasteiger partial charge in [0.15, 0.2) is 0 Å². The Kier molecular flexibility index (Phi) is 4.88. The van der Waals surface area contributed by atoms with Crippen molar-refractivity contribution in [3.05, 3.63) is 33.8 Å². The second kappa shape index (κ2) is 6.68. The summed E-state index contributed by atoms with van der Waals surface area (Å²) in [5.41, 5.74) is 0.996. The predicted octanol–water partition coefficient (Wildman–Crippen LogP) is 4.72. The molecule has 1 aliphatic heterocycles. The van der Waals surface area contributed by atoms with Crippen LogP contribution in [0.1, 0.15) is 44.1 Å². The number of ketones is 1. The van der Waals surface area contributed by atoms with Gasteiger partial charge in [-0.3, -0.25) is 9.69 Å². The molecule has 1 heterocycles. The number of Topliss-reactive ketones (excluding diaryl/α,β-unsaturated/α-hetero) is 1. The maximum Gasteiger partial charge on any atom is 0.137 e. The summed E-state index contributed by atoms with van der Waals surface area (Å²) in [5.74, 6) is 0.686. The second-order valence-electron chi connectivity index (χ2n) is 6.20. The lowest BCUT2D eigenvalue weighted by atomic mass is 9.82. The van der Waals surface area contributed by atoms with Crippen LogP contribution in [0.4, 0.5) is 0 Å². The number of rotatable bonds is 3. The molecule has 0 bridgehead atoms. The van der Waals surface area contributed by atoms with Crippen molar-refractivity contribution in [2.75, 3.05) is 6.54 Å². The van der Waals surface area contributed by atoms with Gasteiger partial charge in [0.25, 0.3) is 0 Å². The first kappa shape index (κ1) is 15.3.